The lowest BCUT2D eigenvalue weighted by Gasteiger charge is -2.25. The Balaban J connectivity index is 2.38. The summed E-state index contributed by atoms with van der Waals surface area (Å²) in [7, 11) is -7.86. The molecule has 10 heteroatoms. The quantitative estimate of drug-likeness (QED) is 0.282. The van der Waals surface area contributed by atoms with Gasteiger partial charge < -0.3 is 22.8 Å². The average Bonchev–Trinajstić information content (AvgIpc) is 2.78. The van der Waals surface area contributed by atoms with E-state index in [0.29, 0.717) is 17.9 Å². The molecule has 0 aliphatic carbocycles. The van der Waals surface area contributed by atoms with E-state index in [2.05, 4.69) is 4.98 Å². The number of hydrogen-bond donors (Lipinski definition) is 0. The zero-order valence-electron chi connectivity index (χ0n) is 18.9. The molecule has 0 aliphatic rings. The molecule has 1 aromatic heterocycles. The van der Waals surface area contributed by atoms with Crippen LogP contribution in [0.15, 0.2) is 53.7 Å². The largest absolute Gasteiger partial charge is 0.487 e. The van der Waals surface area contributed by atoms with E-state index in [-0.39, 0.29) is 31.5 Å². The van der Waals surface area contributed by atoms with Crippen molar-refractivity contribution in [2.45, 2.75) is 34.3 Å². The van der Waals surface area contributed by atoms with Crippen molar-refractivity contribution in [1.29, 1.82) is 0 Å². The Labute approximate surface area is 190 Å². The molecule has 2 aromatic rings. The molecule has 0 N–H and O–H groups in total. The van der Waals surface area contributed by atoms with E-state index in [4.69, 9.17) is 22.8 Å². The summed E-state index contributed by atoms with van der Waals surface area (Å²) in [5.41, 5.74) is 1.42. The molecule has 0 saturated carbocycles. The first kappa shape index (κ1) is 26.5. The summed E-state index contributed by atoms with van der Waals surface area (Å²) in [5, 5.41) is -0.125. The molecule has 0 radical (unpaired) electrons. The third-order valence-corrected chi connectivity index (χ3v) is 9.29. The monoisotopic (exact) mass is 483 g/mol. The van der Waals surface area contributed by atoms with Crippen molar-refractivity contribution in [3.63, 3.8) is 0 Å². The molecule has 176 valence electrons. The van der Waals surface area contributed by atoms with Gasteiger partial charge in [0.25, 0.3) is 0 Å². The third kappa shape index (κ3) is 7.38. The van der Waals surface area contributed by atoms with E-state index < -0.39 is 15.2 Å². The summed E-state index contributed by atoms with van der Waals surface area (Å²) in [4.78, 5) is 4.22. The molecule has 0 aliphatic heterocycles. The predicted molar refractivity (Wildman–Crippen MR) is 125 cm³/mol. The second-order valence-electron chi connectivity index (χ2n) is 6.35. The Kier molecular flexibility index (Phi) is 10.8. The molecule has 0 bridgehead atoms. The third-order valence-electron chi connectivity index (χ3n) is 4.05. The van der Waals surface area contributed by atoms with Crippen molar-refractivity contribution >= 4 is 21.3 Å². The Morgan fingerprint density at radius 3 is 1.78 bits per heavy atom. The van der Waals surface area contributed by atoms with Crippen molar-refractivity contribution in [1.82, 2.24) is 4.98 Å². The van der Waals surface area contributed by atoms with Crippen molar-refractivity contribution in [2.75, 3.05) is 26.4 Å². The summed E-state index contributed by atoms with van der Waals surface area (Å²) < 4.78 is 54.7. The van der Waals surface area contributed by atoms with Crippen molar-refractivity contribution in [2.24, 2.45) is 0 Å². The van der Waals surface area contributed by atoms with Crippen LogP contribution in [0.3, 0.4) is 0 Å². The summed E-state index contributed by atoms with van der Waals surface area (Å²) in [5.74, 6) is 0.630. The Hall–Kier alpha value is -1.79. The molecule has 32 heavy (non-hydrogen) atoms. The fourth-order valence-corrected chi connectivity index (χ4v) is 7.32. The molecule has 1 aromatic carbocycles. The maximum Gasteiger partial charge on any atom is 0.369 e. The first-order valence-electron chi connectivity index (χ1n) is 10.5. The van der Waals surface area contributed by atoms with Crippen LogP contribution < -0.4 is 4.74 Å². The standard InChI is InChI=1S/C22H31NO7P2/c1-5-27-31(24,28-6-2)22(32(25,29-7-3)30-8-4)17-19-12-14-21(15-13-19)26-18-20-11-9-10-16-23-20/h9-17H,5-8,18H2,1-4H3. The van der Waals surface area contributed by atoms with Crippen molar-refractivity contribution in [3.05, 3.63) is 65.0 Å². The lowest BCUT2D eigenvalue weighted by Crippen LogP contribution is -2.05. The fraction of sp³-hybridized carbons (Fsp3) is 0.409. The molecule has 0 saturated heterocycles. The van der Waals surface area contributed by atoms with E-state index in [9.17, 15) is 9.13 Å². The number of hydrogen-bond acceptors (Lipinski definition) is 8. The molecular weight excluding hydrogens is 452 g/mol. The molecule has 0 fully saturated rings. The minimum absolute atomic E-state index is 0.104. The van der Waals surface area contributed by atoms with Gasteiger partial charge in [-0.1, -0.05) is 18.2 Å². The predicted octanol–water partition coefficient (Wildman–Crippen LogP) is 6.49. The molecule has 0 atom stereocenters. The molecular formula is C22H31NO7P2. The number of benzene rings is 1. The van der Waals surface area contributed by atoms with E-state index in [1.54, 1.807) is 58.2 Å². The zero-order valence-corrected chi connectivity index (χ0v) is 20.7. The smallest absolute Gasteiger partial charge is 0.369 e. The summed E-state index contributed by atoms with van der Waals surface area (Å²) in [6.45, 7) is 7.48. The topological polar surface area (TPSA) is 93.2 Å². The van der Waals surface area contributed by atoms with Gasteiger partial charge in [0.1, 0.15) is 12.4 Å². The number of pyridine rings is 1. The van der Waals surface area contributed by atoms with E-state index in [0.717, 1.165) is 5.69 Å². The maximum atomic E-state index is 13.6. The molecule has 8 nitrogen and oxygen atoms in total. The van der Waals surface area contributed by atoms with Gasteiger partial charge in [-0.3, -0.25) is 14.1 Å². The molecule has 2 rings (SSSR count). The zero-order chi connectivity index (χ0) is 23.5. The average molecular weight is 483 g/mol. The highest BCUT2D eigenvalue weighted by molar-refractivity contribution is 7.79. The van der Waals surface area contributed by atoms with Gasteiger partial charge in [0, 0.05) is 6.20 Å². The minimum atomic E-state index is -3.93. The van der Waals surface area contributed by atoms with Gasteiger partial charge in [-0.25, -0.2) is 0 Å². The van der Waals surface area contributed by atoms with Crippen LogP contribution in [-0.4, -0.2) is 31.4 Å². The normalized spacial score (nSPS) is 11.9. The van der Waals surface area contributed by atoms with E-state index in [1.807, 2.05) is 18.2 Å². The Morgan fingerprint density at radius 2 is 1.34 bits per heavy atom. The van der Waals surface area contributed by atoms with Gasteiger partial charge in [-0.15, -0.1) is 0 Å². The van der Waals surface area contributed by atoms with E-state index >= 15 is 0 Å². The highest BCUT2D eigenvalue weighted by Crippen LogP contribution is 2.74. The summed E-state index contributed by atoms with van der Waals surface area (Å²) >= 11 is 0. The van der Waals surface area contributed by atoms with Crippen molar-refractivity contribution < 1.29 is 32.0 Å². The first-order chi connectivity index (χ1) is 15.4. The molecule has 0 unspecified atom stereocenters. The van der Waals surface area contributed by atoms with Crippen LogP contribution in [0.5, 0.6) is 5.75 Å². The van der Waals surface area contributed by atoms with E-state index in [1.165, 1.54) is 6.08 Å². The van der Waals surface area contributed by atoms with Gasteiger partial charge in [-0.2, -0.15) is 0 Å². The number of aromatic nitrogens is 1. The summed E-state index contributed by atoms with van der Waals surface area (Å²) in [6.07, 6.45) is 3.19. The van der Waals surface area contributed by atoms with Crippen LogP contribution in [0.4, 0.5) is 0 Å². The second-order valence-corrected chi connectivity index (χ2v) is 10.7. The van der Waals surface area contributed by atoms with Gasteiger partial charge in [0.05, 0.1) is 32.1 Å². The Bertz CT molecular complexity index is 897. The first-order valence-corrected chi connectivity index (χ1v) is 13.6. The van der Waals surface area contributed by atoms with Crippen LogP contribution in [0.25, 0.3) is 6.08 Å². The SMILES string of the molecule is CCOP(=O)(OCC)C(=Cc1ccc(OCc2ccccn2)cc1)P(=O)(OCC)OCC. The fourth-order valence-electron chi connectivity index (χ4n) is 2.78. The van der Waals surface area contributed by atoms with Gasteiger partial charge in [0.2, 0.25) is 0 Å². The minimum Gasteiger partial charge on any atom is -0.487 e. The van der Waals surface area contributed by atoms with Crippen LogP contribution in [0.1, 0.15) is 39.0 Å². The number of ether oxygens (including phenoxy) is 1. The highest BCUT2D eigenvalue weighted by atomic mass is 31.2. The highest BCUT2D eigenvalue weighted by Gasteiger charge is 2.45. The summed E-state index contributed by atoms with van der Waals surface area (Å²) in [6, 6.07) is 12.6. The molecule has 0 amide bonds. The van der Waals surface area contributed by atoms with Crippen LogP contribution in [0.2, 0.25) is 0 Å². The van der Waals surface area contributed by atoms with Crippen molar-refractivity contribution in [3.8, 4) is 5.75 Å². The lowest BCUT2D eigenvalue weighted by atomic mass is 10.2. The number of rotatable bonds is 14. The molecule has 0 spiro atoms. The van der Waals surface area contributed by atoms with Crippen LogP contribution in [-0.2, 0) is 33.8 Å². The van der Waals surface area contributed by atoms with Gasteiger partial charge in [-0.05, 0) is 63.6 Å². The maximum absolute atomic E-state index is 13.6. The van der Waals surface area contributed by atoms with Crippen LogP contribution >= 0.6 is 15.2 Å². The Morgan fingerprint density at radius 1 is 0.812 bits per heavy atom. The van der Waals surface area contributed by atoms with Gasteiger partial charge in [0.15, 0.2) is 5.06 Å². The second kappa shape index (κ2) is 13.0. The molecule has 1 heterocycles. The van der Waals surface area contributed by atoms with Gasteiger partial charge >= 0.3 is 15.2 Å². The van der Waals surface area contributed by atoms with Crippen LogP contribution in [0, 0.1) is 0 Å². The number of nitrogens with zero attached hydrogens (tertiary/aromatic N) is 1. The lowest BCUT2D eigenvalue weighted by molar-refractivity contribution is 0.214.